The topological polar surface area (TPSA) is 52.6 Å². The van der Waals surface area contributed by atoms with E-state index in [-0.39, 0.29) is 11.7 Å². The summed E-state index contributed by atoms with van der Waals surface area (Å²) < 4.78 is 13.8. The Labute approximate surface area is 145 Å². The van der Waals surface area contributed by atoms with Crippen molar-refractivity contribution >= 4 is 17.4 Å². The lowest BCUT2D eigenvalue weighted by molar-refractivity contribution is -0.130. The van der Waals surface area contributed by atoms with Crippen LogP contribution in [0.1, 0.15) is 5.56 Å². The van der Waals surface area contributed by atoms with Crippen molar-refractivity contribution in [3.05, 3.63) is 48.2 Å². The van der Waals surface area contributed by atoms with Crippen molar-refractivity contribution in [2.45, 2.75) is 6.42 Å². The first-order valence-corrected chi connectivity index (χ1v) is 8.53. The van der Waals surface area contributed by atoms with Gasteiger partial charge in [0.25, 0.3) is 0 Å². The van der Waals surface area contributed by atoms with Gasteiger partial charge in [0.2, 0.25) is 5.91 Å². The molecule has 130 valence electrons. The quantitative estimate of drug-likeness (QED) is 0.843. The molecule has 0 bridgehead atoms. The van der Waals surface area contributed by atoms with Gasteiger partial charge in [-0.15, -0.1) is 0 Å². The highest BCUT2D eigenvalue weighted by Gasteiger charge is 2.27. The monoisotopic (exact) mass is 341 g/mol. The number of hydrogen-bond acceptors (Lipinski definition) is 5. The third kappa shape index (κ3) is 3.14. The summed E-state index contributed by atoms with van der Waals surface area (Å²) in [6.07, 6.45) is 5.74. The molecule has 0 spiro atoms. The molecule has 0 atom stereocenters. The summed E-state index contributed by atoms with van der Waals surface area (Å²) in [5.41, 5.74) is 1.58. The third-order valence-corrected chi connectivity index (χ3v) is 4.90. The van der Waals surface area contributed by atoms with Gasteiger partial charge >= 0.3 is 0 Å². The van der Waals surface area contributed by atoms with Crippen molar-refractivity contribution < 1.29 is 9.18 Å². The molecule has 0 N–H and O–H groups in total. The second-order valence-corrected chi connectivity index (χ2v) is 6.34. The first-order valence-electron chi connectivity index (χ1n) is 8.53. The van der Waals surface area contributed by atoms with Crippen LogP contribution in [0.25, 0.3) is 0 Å². The summed E-state index contributed by atoms with van der Waals surface area (Å²) in [4.78, 5) is 27.0. The molecule has 1 fully saturated rings. The fourth-order valence-corrected chi connectivity index (χ4v) is 3.53. The molecule has 1 aromatic heterocycles. The highest BCUT2D eigenvalue weighted by Crippen LogP contribution is 2.29. The predicted molar refractivity (Wildman–Crippen MR) is 93.1 cm³/mol. The number of carbonyl (C=O) groups excluding carboxylic acids is 1. The van der Waals surface area contributed by atoms with Gasteiger partial charge in [0, 0.05) is 56.4 Å². The maximum Gasteiger partial charge on any atom is 0.242 e. The van der Waals surface area contributed by atoms with E-state index in [1.807, 2.05) is 15.9 Å². The van der Waals surface area contributed by atoms with Gasteiger partial charge < -0.3 is 14.7 Å². The Hall–Kier alpha value is -2.70. The van der Waals surface area contributed by atoms with Crippen molar-refractivity contribution in [2.24, 2.45) is 0 Å². The van der Waals surface area contributed by atoms with E-state index in [4.69, 9.17) is 0 Å². The van der Waals surface area contributed by atoms with Crippen LogP contribution < -0.4 is 9.80 Å². The van der Waals surface area contributed by atoms with Crippen LogP contribution in [0.3, 0.4) is 0 Å². The highest BCUT2D eigenvalue weighted by molar-refractivity contribution is 5.82. The van der Waals surface area contributed by atoms with E-state index in [2.05, 4.69) is 14.9 Å². The zero-order valence-electron chi connectivity index (χ0n) is 13.9. The van der Waals surface area contributed by atoms with Crippen LogP contribution in [0.5, 0.6) is 0 Å². The summed E-state index contributed by atoms with van der Waals surface area (Å²) in [7, 11) is 0. The number of benzene rings is 1. The first-order chi connectivity index (χ1) is 12.2. The summed E-state index contributed by atoms with van der Waals surface area (Å²) in [5.74, 6) is 0.763. The smallest absolute Gasteiger partial charge is 0.242 e. The van der Waals surface area contributed by atoms with Gasteiger partial charge in [0.05, 0.1) is 12.7 Å². The molecule has 1 amide bonds. The van der Waals surface area contributed by atoms with E-state index in [1.165, 1.54) is 6.07 Å². The molecule has 0 radical (unpaired) electrons. The molecule has 2 aliphatic heterocycles. The summed E-state index contributed by atoms with van der Waals surface area (Å²) in [6.45, 7) is 3.83. The molecule has 0 aliphatic carbocycles. The minimum Gasteiger partial charge on any atom is -0.362 e. The van der Waals surface area contributed by atoms with E-state index in [9.17, 15) is 9.18 Å². The average molecular weight is 341 g/mol. The van der Waals surface area contributed by atoms with Crippen molar-refractivity contribution in [3.63, 3.8) is 0 Å². The first kappa shape index (κ1) is 15.8. The summed E-state index contributed by atoms with van der Waals surface area (Å²) in [5, 5.41) is 0. The Morgan fingerprint density at radius 3 is 2.72 bits per heavy atom. The van der Waals surface area contributed by atoms with Crippen LogP contribution in [0.4, 0.5) is 15.9 Å². The summed E-state index contributed by atoms with van der Waals surface area (Å²) >= 11 is 0. The summed E-state index contributed by atoms with van der Waals surface area (Å²) in [6, 6.07) is 5.08. The minimum absolute atomic E-state index is 0.0934. The fraction of sp³-hybridized carbons (Fsp3) is 0.389. The van der Waals surface area contributed by atoms with E-state index < -0.39 is 0 Å². The van der Waals surface area contributed by atoms with Crippen LogP contribution in [0.2, 0.25) is 0 Å². The van der Waals surface area contributed by atoms with E-state index in [0.29, 0.717) is 32.6 Å². The number of piperazine rings is 1. The Balaban J connectivity index is 1.36. The number of nitrogens with zero attached hydrogens (tertiary/aromatic N) is 5. The van der Waals surface area contributed by atoms with Crippen LogP contribution in [0, 0.1) is 5.82 Å². The predicted octanol–water partition coefficient (Wildman–Crippen LogP) is 1.33. The molecule has 0 saturated carbocycles. The fourth-order valence-electron chi connectivity index (χ4n) is 3.53. The Bertz CT molecular complexity index is 761. The van der Waals surface area contributed by atoms with Gasteiger partial charge in [0.15, 0.2) is 0 Å². The molecule has 1 saturated heterocycles. The molecule has 1 aromatic carbocycles. The minimum atomic E-state index is -0.176. The number of amides is 1. The number of hydrogen-bond donors (Lipinski definition) is 0. The Kier molecular flexibility index (Phi) is 4.21. The second-order valence-electron chi connectivity index (χ2n) is 6.34. The SMILES string of the molecule is O=C(CN1CCc2c(F)cccc21)N1CCN(c2cnccn2)CC1. The molecule has 6 nitrogen and oxygen atoms in total. The standard InChI is InChI=1S/C18H20FN5O/c19-15-2-1-3-16-14(15)4-7-24(16)13-18(25)23-10-8-22(9-11-23)17-12-20-5-6-21-17/h1-3,5-6,12H,4,7-11,13H2. The van der Waals surface area contributed by atoms with Gasteiger partial charge in [-0.3, -0.25) is 9.78 Å². The number of carbonyl (C=O) groups is 1. The average Bonchev–Trinajstić information content (AvgIpc) is 3.07. The Morgan fingerprint density at radius 1 is 1.12 bits per heavy atom. The maximum atomic E-state index is 13.8. The van der Waals surface area contributed by atoms with E-state index in [1.54, 1.807) is 24.7 Å². The lowest BCUT2D eigenvalue weighted by Crippen LogP contribution is -2.51. The van der Waals surface area contributed by atoms with Gasteiger partial charge in [-0.05, 0) is 18.6 Å². The molecule has 2 aromatic rings. The molecular formula is C18H20FN5O. The van der Waals surface area contributed by atoms with Crippen molar-refractivity contribution in [1.29, 1.82) is 0 Å². The largest absolute Gasteiger partial charge is 0.362 e. The number of aromatic nitrogens is 2. The molecule has 7 heteroatoms. The molecule has 2 aliphatic rings. The van der Waals surface area contributed by atoms with Gasteiger partial charge in [0.1, 0.15) is 11.6 Å². The maximum absolute atomic E-state index is 13.8. The normalized spacial score (nSPS) is 16.9. The van der Waals surface area contributed by atoms with Crippen LogP contribution >= 0.6 is 0 Å². The van der Waals surface area contributed by atoms with Crippen LogP contribution in [0.15, 0.2) is 36.8 Å². The molecule has 0 unspecified atom stereocenters. The number of rotatable bonds is 3. The van der Waals surface area contributed by atoms with Crippen LogP contribution in [-0.2, 0) is 11.2 Å². The van der Waals surface area contributed by atoms with Crippen LogP contribution in [-0.4, -0.2) is 60.0 Å². The van der Waals surface area contributed by atoms with E-state index in [0.717, 1.165) is 30.2 Å². The zero-order valence-corrected chi connectivity index (χ0v) is 13.9. The molecular weight excluding hydrogens is 321 g/mol. The van der Waals surface area contributed by atoms with Gasteiger partial charge in [-0.1, -0.05) is 6.07 Å². The van der Waals surface area contributed by atoms with Crippen molar-refractivity contribution in [1.82, 2.24) is 14.9 Å². The Morgan fingerprint density at radius 2 is 1.96 bits per heavy atom. The molecule has 3 heterocycles. The van der Waals surface area contributed by atoms with Gasteiger partial charge in [-0.2, -0.15) is 0 Å². The molecule has 25 heavy (non-hydrogen) atoms. The third-order valence-electron chi connectivity index (χ3n) is 4.90. The lowest BCUT2D eigenvalue weighted by Gasteiger charge is -2.36. The lowest BCUT2D eigenvalue weighted by atomic mass is 10.1. The highest BCUT2D eigenvalue weighted by atomic mass is 19.1. The van der Waals surface area contributed by atoms with Crippen molar-refractivity contribution in [2.75, 3.05) is 49.1 Å². The number of anilines is 2. The number of fused-ring (bicyclic) bond motifs is 1. The number of halogens is 1. The van der Waals surface area contributed by atoms with E-state index >= 15 is 0 Å². The van der Waals surface area contributed by atoms with Gasteiger partial charge in [-0.25, -0.2) is 9.37 Å². The molecule has 4 rings (SSSR count). The second kappa shape index (κ2) is 6.66. The zero-order chi connectivity index (χ0) is 17.2. The van der Waals surface area contributed by atoms with Crippen molar-refractivity contribution in [3.8, 4) is 0 Å².